The number of hydrogen-bond donors (Lipinski definition) is 1. The molecule has 0 amide bonds. The van der Waals surface area contributed by atoms with Gasteiger partial charge < -0.3 is 9.05 Å². The van der Waals surface area contributed by atoms with E-state index in [9.17, 15) is 9.13 Å². The van der Waals surface area contributed by atoms with Crippen molar-refractivity contribution in [2.75, 3.05) is 75.5 Å². The predicted molar refractivity (Wildman–Crippen MR) is 152 cm³/mol. The summed E-state index contributed by atoms with van der Waals surface area (Å²) in [5.74, 6) is -13.5. The minimum Gasteiger partial charge on any atom is -0.306 e. The van der Waals surface area contributed by atoms with Crippen molar-refractivity contribution in [3.8, 4) is 0 Å². The van der Waals surface area contributed by atoms with Gasteiger partial charge in [-0.1, -0.05) is 30.3 Å². The molecule has 3 rings (SSSR count). The van der Waals surface area contributed by atoms with Crippen molar-refractivity contribution in [3.63, 3.8) is 0 Å². The summed E-state index contributed by atoms with van der Waals surface area (Å²) in [6.07, 6.45) is -0.631. The van der Waals surface area contributed by atoms with Crippen LogP contribution >= 0.6 is 61.7 Å². The molecule has 208 valence electrons. The molecule has 1 aromatic carbocycles. The Bertz CT molecular complexity index is 1580. The van der Waals surface area contributed by atoms with Gasteiger partial charge in [0, 0.05) is 90.4 Å². The van der Waals surface area contributed by atoms with E-state index in [0.29, 0.717) is 5.56 Å². The number of alkyl halides is 4. The zero-order chi connectivity index (χ0) is 44.4. The van der Waals surface area contributed by atoms with E-state index in [-0.39, 0.29) is 30.6 Å². The van der Waals surface area contributed by atoms with Crippen LogP contribution in [-0.4, -0.2) is 89.5 Å². The molecule has 0 aliphatic carbocycles. The molecule has 0 saturated carbocycles. The first-order valence-electron chi connectivity index (χ1n) is 20.0. The third-order valence-corrected chi connectivity index (χ3v) is 8.85. The lowest BCUT2D eigenvalue weighted by Crippen LogP contribution is -2.40. The monoisotopic (exact) mass is 644 g/mol. The Balaban J connectivity index is 0.000000404. The highest BCUT2D eigenvalue weighted by molar-refractivity contribution is 7.54. The smallest absolute Gasteiger partial charge is 0.306 e. The summed E-state index contributed by atoms with van der Waals surface area (Å²) in [5.41, 5.74) is 0.544. The average Bonchev–Trinajstić information content (AvgIpc) is 2.93. The van der Waals surface area contributed by atoms with Crippen LogP contribution < -0.4 is 5.09 Å². The molecule has 2 aliphatic rings. The van der Waals surface area contributed by atoms with Gasteiger partial charge in [0.1, 0.15) is 0 Å². The summed E-state index contributed by atoms with van der Waals surface area (Å²) in [5, 5.41) is 2.10. The van der Waals surface area contributed by atoms with Gasteiger partial charge in [0.25, 0.3) is 0 Å². The van der Waals surface area contributed by atoms with Gasteiger partial charge in [0.15, 0.2) is 0 Å². The SMILES string of the molecule is [2H]C1([2H])CCN(C(C)c2ccccc2)P(=O)(N(C([2H])([2H])C([2H])([2H])Cl)C([2H])([2H])C([2H])([2H])Cl)O1.[2H]C1([2H])CCNP(=O)(N(C([2H])([2H])C([2H])([2H])Cl)C([2H])([2H])C([2H])([2H])Cl)O1. The second kappa shape index (κ2) is 17.3. The number of benzene rings is 1. The van der Waals surface area contributed by atoms with Crippen molar-refractivity contribution < 1.29 is 45.6 Å². The third kappa shape index (κ3) is 9.36. The van der Waals surface area contributed by atoms with Gasteiger partial charge in [-0.2, -0.15) is 0 Å². The van der Waals surface area contributed by atoms with E-state index in [1.54, 1.807) is 37.3 Å². The highest BCUT2D eigenvalue weighted by Crippen LogP contribution is 2.59. The Morgan fingerprint density at radius 1 is 0.972 bits per heavy atom. The molecule has 8 nitrogen and oxygen atoms in total. The molecule has 0 bridgehead atoms. The van der Waals surface area contributed by atoms with Gasteiger partial charge in [0.05, 0.1) is 18.6 Å². The molecule has 3 atom stereocenters. The normalized spacial score (nSPS) is 40.2. The first-order chi connectivity index (χ1) is 24.5. The second-order valence-corrected chi connectivity index (χ2v) is 11.4. The van der Waals surface area contributed by atoms with E-state index in [2.05, 4.69) is 9.61 Å². The molecule has 2 fully saturated rings. The van der Waals surface area contributed by atoms with E-state index in [4.69, 9.17) is 78.3 Å². The third-order valence-electron chi connectivity index (χ3n) is 4.52. The summed E-state index contributed by atoms with van der Waals surface area (Å²) in [6.45, 7) is -18.8. The number of nitrogens with one attached hydrogen (secondary N) is 1. The van der Waals surface area contributed by atoms with Crippen LogP contribution in [0.2, 0.25) is 0 Å². The van der Waals surface area contributed by atoms with E-state index in [0.717, 1.165) is 4.67 Å². The molecule has 36 heavy (non-hydrogen) atoms. The molecule has 2 saturated heterocycles. The van der Waals surface area contributed by atoms with E-state index < -0.39 is 88.5 Å². The van der Waals surface area contributed by atoms with Gasteiger partial charge in [-0.25, -0.2) is 19.1 Å². The molecule has 0 aromatic heterocycles. The zero-order valence-electron chi connectivity index (χ0n) is 38.7. The number of nitrogens with zero attached hydrogens (tertiary/aromatic N) is 3. The van der Waals surface area contributed by atoms with Crippen LogP contribution in [0.5, 0.6) is 0 Å². The maximum Gasteiger partial charge on any atom is 0.346 e. The second-order valence-electron chi connectivity index (χ2n) is 6.59. The topological polar surface area (TPSA) is 74.4 Å². The number of rotatable bonds is 12. The molecular formula is C22H38Cl4N4O4P2. The molecule has 2 heterocycles. The highest BCUT2D eigenvalue weighted by atomic mass is 35.5. The minimum atomic E-state index is -5.22. The predicted octanol–water partition coefficient (Wildman–Crippen LogP) is 6.24. The van der Waals surface area contributed by atoms with Crippen LogP contribution in [-0.2, 0) is 18.2 Å². The average molecular weight is 646 g/mol. The van der Waals surface area contributed by atoms with E-state index in [1.165, 1.54) is 0 Å². The largest absolute Gasteiger partial charge is 0.346 e. The quantitative estimate of drug-likeness (QED) is 0.212. The van der Waals surface area contributed by atoms with Gasteiger partial charge in [-0.15, -0.1) is 46.4 Å². The van der Waals surface area contributed by atoms with Crippen LogP contribution in [0.1, 0.15) is 58.8 Å². The first kappa shape index (κ1) is 14.0. The molecule has 0 radical (unpaired) electrons. The van der Waals surface area contributed by atoms with Gasteiger partial charge in [0.2, 0.25) is 0 Å². The zero-order valence-corrected chi connectivity index (χ0v) is 23.5. The van der Waals surface area contributed by atoms with E-state index in [1.807, 2.05) is 0 Å². The van der Waals surface area contributed by atoms with Crippen molar-refractivity contribution >= 4 is 61.7 Å². The molecule has 3 unspecified atom stereocenters. The van der Waals surface area contributed by atoms with Crippen LogP contribution in [0, 0.1) is 0 Å². The number of hydrogen-bond acceptors (Lipinski definition) is 4. The fourth-order valence-corrected chi connectivity index (χ4v) is 6.78. The van der Waals surface area contributed by atoms with Crippen molar-refractivity contribution in [3.05, 3.63) is 35.9 Å². The minimum absolute atomic E-state index is 0.306. The van der Waals surface area contributed by atoms with Crippen LogP contribution in [0.15, 0.2) is 30.3 Å². The van der Waals surface area contributed by atoms with Crippen molar-refractivity contribution in [2.24, 2.45) is 0 Å². The molecule has 0 spiro atoms. The van der Waals surface area contributed by atoms with Crippen LogP contribution in [0.3, 0.4) is 0 Å². The van der Waals surface area contributed by atoms with E-state index >= 15 is 0 Å². The summed E-state index contributed by atoms with van der Waals surface area (Å²) in [6, 6.07) is 7.50. The van der Waals surface area contributed by atoms with Crippen LogP contribution in [0.4, 0.5) is 0 Å². The Morgan fingerprint density at radius 3 is 2.08 bits per heavy atom. The fraction of sp³-hybridized carbons (Fsp3) is 0.727. The van der Waals surface area contributed by atoms with Gasteiger partial charge in [-0.05, 0) is 25.3 Å². The lowest BCUT2D eigenvalue weighted by atomic mass is 10.1. The van der Waals surface area contributed by atoms with Crippen molar-refractivity contribution in [1.82, 2.24) is 19.1 Å². The number of halogens is 4. The lowest BCUT2D eigenvalue weighted by Gasteiger charge is -2.43. The summed E-state index contributed by atoms with van der Waals surface area (Å²) in [7, 11) is -10.2. The molecule has 14 heteroatoms. The Morgan fingerprint density at radius 2 is 1.53 bits per heavy atom. The summed E-state index contributed by atoms with van der Waals surface area (Å²) >= 11 is 21.8. The Kier molecular flexibility index (Phi) is 6.73. The maximum atomic E-state index is 14.3. The molecule has 2 aliphatic heterocycles. The Labute approximate surface area is 264 Å². The molecular weight excluding hydrogens is 588 g/mol. The summed E-state index contributed by atoms with van der Waals surface area (Å²) < 4.78 is 192. The highest BCUT2D eigenvalue weighted by Gasteiger charge is 2.43. The Hall–Kier alpha value is 0.600. The molecule has 1 aromatic rings. The molecule has 1 N–H and O–H groups in total. The lowest BCUT2D eigenvalue weighted by molar-refractivity contribution is 0.148. The van der Waals surface area contributed by atoms with Crippen molar-refractivity contribution in [2.45, 2.75) is 25.8 Å². The summed E-state index contributed by atoms with van der Waals surface area (Å²) in [4.78, 5) is 0. The standard InChI is InChI=1S/C15H23Cl2N2O2P.C7H15Cl2N2O2P/c1-14(15-6-3-2-4-7-15)19-10-5-13-21-22(19,20)18(11-8-16)12-9-17;8-2-5-11(6-3-9)14(12)10-4-1-7-13-14/h2-4,6-7,14H,5,8-13H2,1H3;1-7H2,(H,10,12)/i8D2,9D2,11D2,12D2,13D2;2D2,3D2,5D2,6D2,7D2. The van der Waals surface area contributed by atoms with Crippen molar-refractivity contribution in [1.29, 1.82) is 0 Å². The maximum absolute atomic E-state index is 14.3. The van der Waals surface area contributed by atoms with Gasteiger partial charge in [-0.3, -0.25) is 9.13 Å². The fourth-order valence-electron chi connectivity index (χ4n) is 2.94. The van der Waals surface area contributed by atoms with Gasteiger partial charge >= 0.3 is 15.3 Å². The van der Waals surface area contributed by atoms with Crippen LogP contribution in [0.25, 0.3) is 0 Å². The first-order valence-corrected chi connectivity index (χ1v) is 14.6.